The van der Waals surface area contributed by atoms with E-state index in [1.807, 2.05) is 6.92 Å². The van der Waals surface area contributed by atoms with Gasteiger partial charge in [0.15, 0.2) is 0 Å². The zero-order chi connectivity index (χ0) is 15.3. The van der Waals surface area contributed by atoms with E-state index in [9.17, 15) is 8.42 Å². The molecule has 2 N–H and O–H groups in total. The van der Waals surface area contributed by atoms with Crippen LogP contribution in [0.1, 0.15) is 18.9 Å². The largest absolute Gasteiger partial charge is 0.315 e. The molecule has 0 radical (unpaired) electrons. The van der Waals surface area contributed by atoms with E-state index in [2.05, 4.69) is 21.9 Å². The summed E-state index contributed by atoms with van der Waals surface area (Å²) in [7, 11) is -3.52. The molecule has 0 unspecified atom stereocenters. The monoisotopic (exact) mass is 307 g/mol. The van der Waals surface area contributed by atoms with Gasteiger partial charge >= 0.3 is 0 Å². The number of hydrogen-bond donors (Lipinski definition) is 2. The van der Waals surface area contributed by atoms with Gasteiger partial charge in [0.2, 0.25) is 10.0 Å². The van der Waals surface area contributed by atoms with Crippen molar-refractivity contribution in [2.75, 3.05) is 19.6 Å². The second-order valence-corrected chi connectivity index (χ2v) is 6.66. The minimum atomic E-state index is -3.52. The number of pyridine rings is 1. The van der Waals surface area contributed by atoms with Crippen molar-refractivity contribution in [3.63, 3.8) is 0 Å². The van der Waals surface area contributed by atoms with Gasteiger partial charge in [0.05, 0.1) is 10.4 Å². The van der Waals surface area contributed by atoms with Crippen molar-refractivity contribution in [2.24, 2.45) is 0 Å². The first-order chi connectivity index (χ1) is 10.1. The molecule has 0 aliphatic rings. The van der Waals surface area contributed by atoms with Crippen LogP contribution < -0.4 is 10.0 Å². The quantitative estimate of drug-likeness (QED) is 0.766. The molecule has 2 aromatic rings. The normalized spacial score (nSPS) is 11.9. The first kappa shape index (κ1) is 15.9. The highest BCUT2D eigenvalue weighted by atomic mass is 32.2. The standard InChI is InChI=1S/C15H21N3O2S/c1-3-8-16-10-11-18-21(19,20)14-7-6-12(2)15-13(14)5-4-9-17-15/h4-7,9,16,18H,3,8,10-11H2,1-2H3. The predicted octanol–water partition coefficient (Wildman–Crippen LogP) is 1.82. The van der Waals surface area contributed by atoms with E-state index in [0.29, 0.717) is 18.5 Å². The fraction of sp³-hybridized carbons (Fsp3) is 0.400. The lowest BCUT2D eigenvalue weighted by atomic mass is 10.1. The maximum absolute atomic E-state index is 12.4. The van der Waals surface area contributed by atoms with Crippen LogP contribution in [0.25, 0.3) is 10.9 Å². The SMILES string of the molecule is CCCNCCNS(=O)(=O)c1ccc(C)c2ncccc12. The van der Waals surface area contributed by atoms with E-state index in [0.717, 1.165) is 24.0 Å². The second-order valence-electron chi connectivity index (χ2n) is 4.93. The zero-order valence-electron chi connectivity index (χ0n) is 12.4. The molecule has 0 fully saturated rings. The summed E-state index contributed by atoms with van der Waals surface area (Å²) in [6.07, 6.45) is 2.70. The number of nitrogens with one attached hydrogen (secondary N) is 2. The maximum Gasteiger partial charge on any atom is 0.241 e. The molecule has 1 aromatic heterocycles. The summed E-state index contributed by atoms with van der Waals surface area (Å²) in [5, 5.41) is 3.82. The summed E-state index contributed by atoms with van der Waals surface area (Å²) >= 11 is 0. The molecule has 0 amide bonds. The minimum Gasteiger partial charge on any atom is -0.315 e. The van der Waals surface area contributed by atoms with Crippen LogP contribution in [-0.4, -0.2) is 33.0 Å². The first-order valence-electron chi connectivity index (χ1n) is 7.11. The van der Waals surface area contributed by atoms with Crippen LogP contribution in [0, 0.1) is 6.92 Å². The van der Waals surface area contributed by atoms with Crippen molar-refractivity contribution in [3.8, 4) is 0 Å². The Morgan fingerprint density at radius 2 is 1.95 bits per heavy atom. The topological polar surface area (TPSA) is 71.1 Å². The highest BCUT2D eigenvalue weighted by Gasteiger charge is 2.17. The first-order valence-corrected chi connectivity index (χ1v) is 8.59. The van der Waals surface area contributed by atoms with Gasteiger partial charge in [-0.3, -0.25) is 4.98 Å². The Morgan fingerprint density at radius 3 is 2.71 bits per heavy atom. The molecule has 5 nitrogen and oxygen atoms in total. The third kappa shape index (κ3) is 3.78. The number of hydrogen-bond acceptors (Lipinski definition) is 4. The summed E-state index contributed by atoms with van der Waals surface area (Å²) in [4.78, 5) is 4.56. The summed E-state index contributed by atoms with van der Waals surface area (Å²) < 4.78 is 27.5. The Labute approximate surface area is 125 Å². The van der Waals surface area contributed by atoms with Crippen LogP contribution in [0.3, 0.4) is 0 Å². The van der Waals surface area contributed by atoms with Crippen molar-refractivity contribution in [2.45, 2.75) is 25.2 Å². The number of fused-ring (bicyclic) bond motifs is 1. The van der Waals surface area contributed by atoms with Gasteiger partial charge in [-0.15, -0.1) is 0 Å². The Kier molecular flexibility index (Phi) is 5.27. The molecule has 21 heavy (non-hydrogen) atoms. The Hall–Kier alpha value is -1.50. The summed E-state index contributed by atoms with van der Waals surface area (Å²) in [5.41, 5.74) is 1.69. The van der Waals surface area contributed by atoms with Gasteiger partial charge in [0.1, 0.15) is 0 Å². The molecule has 0 aliphatic heterocycles. The lowest BCUT2D eigenvalue weighted by Gasteiger charge is -2.11. The smallest absolute Gasteiger partial charge is 0.241 e. The predicted molar refractivity (Wildman–Crippen MR) is 84.8 cm³/mol. The number of aromatic nitrogens is 1. The van der Waals surface area contributed by atoms with Crippen molar-refractivity contribution in [1.29, 1.82) is 0 Å². The van der Waals surface area contributed by atoms with Crippen molar-refractivity contribution in [3.05, 3.63) is 36.0 Å². The third-order valence-corrected chi connectivity index (χ3v) is 4.76. The Balaban J connectivity index is 2.23. The molecule has 0 saturated carbocycles. The highest BCUT2D eigenvalue weighted by molar-refractivity contribution is 7.89. The molecule has 0 aliphatic carbocycles. The minimum absolute atomic E-state index is 0.284. The molecular formula is C15H21N3O2S. The molecular weight excluding hydrogens is 286 g/mol. The number of nitrogens with zero attached hydrogens (tertiary/aromatic N) is 1. The van der Waals surface area contributed by atoms with Gasteiger partial charge < -0.3 is 5.32 Å². The molecule has 6 heteroatoms. The number of benzene rings is 1. The van der Waals surface area contributed by atoms with E-state index in [1.54, 1.807) is 30.5 Å². The van der Waals surface area contributed by atoms with Crippen molar-refractivity contribution >= 4 is 20.9 Å². The van der Waals surface area contributed by atoms with Crippen LogP contribution in [0.4, 0.5) is 0 Å². The van der Waals surface area contributed by atoms with E-state index in [4.69, 9.17) is 0 Å². The molecule has 1 aromatic carbocycles. The number of rotatable bonds is 7. The van der Waals surface area contributed by atoms with Gasteiger partial charge in [-0.2, -0.15) is 0 Å². The van der Waals surface area contributed by atoms with E-state index >= 15 is 0 Å². The molecule has 1 heterocycles. The van der Waals surface area contributed by atoms with E-state index < -0.39 is 10.0 Å². The molecule has 114 valence electrons. The lowest BCUT2D eigenvalue weighted by molar-refractivity contribution is 0.576. The number of sulfonamides is 1. The van der Waals surface area contributed by atoms with Crippen LogP contribution >= 0.6 is 0 Å². The second kappa shape index (κ2) is 6.98. The fourth-order valence-electron chi connectivity index (χ4n) is 2.18. The third-order valence-electron chi connectivity index (χ3n) is 3.24. The average Bonchev–Trinajstić information content (AvgIpc) is 2.47. The van der Waals surface area contributed by atoms with Crippen LogP contribution in [0.15, 0.2) is 35.4 Å². The average molecular weight is 307 g/mol. The summed E-state index contributed by atoms with van der Waals surface area (Å²) in [6.45, 7) is 5.88. The van der Waals surface area contributed by atoms with Gasteiger partial charge in [-0.25, -0.2) is 13.1 Å². The summed E-state index contributed by atoms with van der Waals surface area (Å²) in [5.74, 6) is 0. The molecule has 0 bridgehead atoms. The molecule has 0 spiro atoms. The molecule has 0 atom stereocenters. The number of aryl methyl sites for hydroxylation is 1. The van der Waals surface area contributed by atoms with Crippen LogP contribution in [-0.2, 0) is 10.0 Å². The highest BCUT2D eigenvalue weighted by Crippen LogP contribution is 2.23. The zero-order valence-corrected chi connectivity index (χ0v) is 13.2. The van der Waals surface area contributed by atoms with Crippen LogP contribution in [0.5, 0.6) is 0 Å². The van der Waals surface area contributed by atoms with Crippen molar-refractivity contribution in [1.82, 2.24) is 15.0 Å². The molecule has 2 rings (SSSR count). The van der Waals surface area contributed by atoms with E-state index in [1.165, 1.54) is 0 Å². The summed E-state index contributed by atoms with van der Waals surface area (Å²) in [6, 6.07) is 6.98. The lowest BCUT2D eigenvalue weighted by Crippen LogP contribution is -2.32. The van der Waals surface area contributed by atoms with Crippen molar-refractivity contribution < 1.29 is 8.42 Å². The van der Waals surface area contributed by atoms with Gasteiger partial charge in [-0.05, 0) is 43.7 Å². The Morgan fingerprint density at radius 1 is 1.14 bits per heavy atom. The van der Waals surface area contributed by atoms with Gasteiger partial charge in [0, 0.05) is 24.7 Å². The van der Waals surface area contributed by atoms with Gasteiger partial charge in [-0.1, -0.05) is 13.0 Å². The van der Waals surface area contributed by atoms with Crippen LogP contribution in [0.2, 0.25) is 0 Å². The maximum atomic E-state index is 12.4. The molecule has 0 saturated heterocycles. The fourth-order valence-corrected chi connectivity index (χ4v) is 3.40. The Bertz CT molecular complexity index is 714. The van der Waals surface area contributed by atoms with E-state index in [-0.39, 0.29) is 4.90 Å². The van der Waals surface area contributed by atoms with Gasteiger partial charge in [0.25, 0.3) is 0 Å².